The average Bonchev–Trinajstić information content (AvgIpc) is 2.63. The second-order valence-corrected chi connectivity index (χ2v) is 5.63. The maximum Gasteiger partial charge on any atom is 0.445 e. The van der Waals surface area contributed by atoms with Gasteiger partial charge in [-0.1, -0.05) is 36.3 Å². The second kappa shape index (κ2) is 6.46. The summed E-state index contributed by atoms with van der Waals surface area (Å²) in [6.45, 7) is 0. The maximum absolute atomic E-state index is 14.0. The molecule has 0 aliphatic carbocycles. The number of carbonyl (C=O) groups excluding carboxylic acids is 1. The highest BCUT2D eigenvalue weighted by Crippen LogP contribution is 2.49. The monoisotopic (exact) mass is 381 g/mol. The van der Waals surface area contributed by atoms with Gasteiger partial charge in [-0.05, 0) is 24.1 Å². The topological polar surface area (TPSA) is 38.8 Å². The van der Waals surface area contributed by atoms with Crippen LogP contribution in [0, 0.1) is 11.8 Å². The Morgan fingerprint density at radius 2 is 1.81 bits per heavy atom. The Bertz CT molecular complexity index is 920. The van der Waals surface area contributed by atoms with Gasteiger partial charge in [0.25, 0.3) is 5.60 Å². The summed E-state index contributed by atoms with van der Waals surface area (Å²) in [5, 5.41) is 0. The zero-order valence-electron chi connectivity index (χ0n) is 13.3. The third kappa shape index (κ3) is 2.82. The first kappa shape index (κ1) is 18.0. The molecule has 26 heavy (non-hydrogen) atoms. The number of carbonyl (C=O) groups is 1. The Morgan fingerprint density at radius 3 is 2.50 bits per heavy atom. The summed E-state index contributed by atoms with van der Waals surface area (Å²) in [5.74, 6) is 4.81. The number of cyclic esters (lactones) is 1. The molecule has 0 bridgehead atoms. The number of anilines is 1. The minimum absolute atomic E-state index is 0.142. The van der Waals surface area contributed by atoms with E-state index in [1.807, 2.05) is 0 Å². The molecule has 1 amide bonds. The predicted molar refractivity (Wildman–Crippen MR) is 88.9 cm³/mol. The zero-order chi connectivity index (χ0) is 18.9. The van der Waals surface area contributed by atoms with Crippen molar-refractivity contribution in [2.24, 2.45) is 0 Å². The van der Waals surface area contributed by atoms with Crippen molar-refractivity contribution in [1.82, 2.24) is 0 Å². The highest BCUT2D eigenvalue weighted by molar-refractivity contribution is 6.36. The number of benzene rings is 2. The van der Waals surface area contributed by atoms with Crippen LogP contribution in [0.25, 0.3) is 0 Å². The van der Waals surface area contributed by atoms with Crippen molar-refractivity contribution in [1.29, 1.82) is 0 Å². The van der Waals surface area contributed by atoms with Crippen molar-refractivity contribution in [3.8, 4) is 17.6 Å². The smallest absolute Gasteiger partial charge is 0.445 e. The number of methoxy groups -OCH3 is 1. The van der Waals surface area contributed by atoms with E-state index in [4.69, 9.17) is 16.5 Å². The van der Waals surface area contributed by atoms with Gasteiger partial charge in [0.15, 0.2) is 0 Å². The normalized spacial score (nSPS) is 19.1. The summed E-state index contributed by atoms with van der Waals surface area (Å²) in [5.41, 5.74) is -3.44. The van der Waals surface area contributed by atoms with Crippen LogP contribution in [-0.4, -0.2) is 19.4 Å². The molecular weight excluding hydrogens is 371 g/mol. The van der Waals surface area contributed by atoms with Crippen molar-refractivity contribution >= 4 is 23.6 Å². The lowest BCUT2D eigenvalue weighted by Crippen LogP contribution is -2.51. The van der Waals surface area contributed by atoms with Crippen LogP contribution in [0.2, 0.25) is 0 Å². The number of hydrogen-bond acceptors (Lipinski definition) is 3. The number of fused-ring (bicyclic) bond motifs is 1. The Hall–Kier alpha value is -2.85. The van der Waals surface area contributed by atoms with Gasteiger partial charge in [-0.15, -0.1) is 0 Å². The number of alkyl halides is 3. The van der Waals surface area contributed by atoms with E-state index < -0.39 is 17.9 Å². The Morgan fingerprint density at radius 1 is 1.15 bits per heavy atom. The number of para-hydroxylation sites is 2. The molecule has 1 unspecified atom stereocenters. The molecule has 0 spiro atoms. The van der Waals surface area contributed by atoms with Crippen LogP contribution in [0.15, 0.2) is 48.5 Å². The predicted octanol–water partition coefficient (Wildman–Crippen LogP) is 4.61. The van der Waals surface area contributed by atoms with E-state index in [0.717, 1.165) is 0 Å². The largest absolute Gasteiger partial charge is 0.495 e. The van der Waals surface area contributed by atoms with Gasteiger partial charge in [0.2, 0.25) is 0 Å². The van der Waals surface area contributed by atoms with Crippen LogP contribution in [0.1, 0.15) is 11.1 Å². The summed E-state index contributed by atoms with van der Waals surface area (Å²) in [6.07, 6.45) is -6.36. The molecule has 0 radical (unpaired) electrons. The van der Waals surface area contributed by atoms with Crippen molar-refractivity contribution in [2.75, 3.05) is 11.5 Å². The summed E-state index contributed by atoms with van der Waals surface area (Å²) in [4.78, 5) is 11.9. The first-order valence-electron chi connectivity index (χ1n) is 7.31. The van der Waals surface area contributed by atoms with Gasteiger partial charge in [-0.3, -0.25) is 0 Å². The van der Waals surface area contributed by atoms with E-state index in [0.29, 0.717) is 10.2 Å². The molecule has 2 aromatic carbocycles. The van der Waals surface area contributed by atoms with Crippen LogP contribution in [-0.2, 0) is 10.3 Å². The van der Waals surface area contributed by atoms with Crippen LogP contribution in [0.4, 0.5) is 23.7 Å². The van der Waals surface area contributed by atoms with Gasteiger partial charge in [0, 0.05) is 17.3 Å². The van der Waals surface area contributed by atoms with Gasteiger partial charge >= 0.3 is 12.3 Å². The van der Waals surface area contributed by atoms with Crippen molar-refractivity contribution in [3.63, 3.8) is 0 Å². The van der Waals surface area contributed by atoms with Gasteiger partial charge in [0.05, 0.1) is 18.4 Å². The van der Waals surface area contributed by atoms with Crippen LogP contribution in [0.5, 0.6) is 5.75 Å². The maximum atomic E-state index is 14.0. The van der Waals surface area contributed by atoms with E-state index in [2.05, 4.69) is 16.6 Å². The van der Waals surface area contributed by atoms with Crippen LogP contribution < -0.4 is 9.16 Å². The number of halogens is 4. The Kier molecular flexibility index (Phi) is 4.46. The van der Waals surface area contributed by atoms with Gasteiger partial charge < -0.3 is 9.47 Å². The van der Waals surface area contributed by atoms with Gasteiger partial charge in [0.1, 0.15) is 5.75 Å². The molecule has 0 N–H and O–H groups in total. The fourth-order valence-corrected chi connectivity index (χ4v) is 2.73. The zero-order valence-corrected chi connectivity index (χ0v) is 14.1. The van der Waals surface area contributed by atoms with Crippen LogP contribution >= 0.6 is 11.8 Å². The summed E-state index contributed by atoms with van der Waals surface area (Å²) >= 11 is 5.76. The fraction of sp³-hybridized carbons (Fsp3) is 0.167. The molecule has 4 nitrogen and oxygen atoms in total. The van der Waals surface area contributed by atoms with Crippen molar-refractivity contribution < 1.29 is 27.4 Å². The van der Waals surface area contributed by atoms with E-state index in [-0.39, 0.29) is 16.8 Å². The number of hydrogen-bond donors (Lipinski definition) is 0. The molecule has 0 saturated heterocycles. The molecule has 8 heteroatoms. The molecule has 1 aliphatic heterocycles. The van der Waals surface area contributed by atoms with Crippen LogP contribution in [0.3, 0.4) is 0 Å². The molecule has 3 rings (SSSR count). The quantitative estimate of drug-likeness (QED) is 0.534. The molecule has 134 valence electrons. The molecule has 0 saturated carbocycles. The molecule has 0 fully saturated rings. The number of amides is 1. The first-order valence-corrected chi connectivity index (χ1v) is 7.65. The lowest BCUT2D eigenvalue weighted by molar-refractivity contribution is -0.240. The van der Waals surface area contributed by atoms with E-state index in [1.54, 1.807) is 18.2 Å². The third-order valence-electron chi connectivity index (χ3n) is 3.77. The summed E-state index contributed by atoms with van der Waals surface area (Å²) in [6, 6.07) is 11.6. The van der Waals surface area contributed by atoms with Gasteiger partial charge in [-0.25, -0.2) is 4.79 Å². The molecule has 0 aromatic heterocycles. The average molecular weight is 382 g/mol. The van der Waals surface area contributed by atoms with E-state index in [1.165, 1.54) is 37.4 Å². The minimum atomic E-state index is -4.99. The van der Waals surface area contributed by atoms with Gasteiger partial charge in [-0.2, -0.15) is 17.6 Å². The highest BCUT2D eigenvalue weighted by atomic mass is 35.5. The number of ether oxygens (including phenoxy) is 2. The number of nitrogens with zero attached hydrogens (tertiary/aromatic N) is 1. The summed E-state index contributed by atoms with van der Waals surface area (Å²) in [7, 11) is 1.38. The standard InChI is InChI=1S/C18H11ClF3NO3/c1-25-15-9-5-2-6-12(15)10-11-17(18(20,21)22)13-7-3-4-8-14(13)23(19)16(24)26-17/h2-9H,1H3. The van der Waals surface area contributed by atoms with Crippen molar-refractivity contribution in [2.45, 2.75) is 11.8 Å². The molecule has 1 heterocycles. The molecule has 1 aliphatic rings. The lowest BCUT2D eigenvalue weighted by atomic mass is 9.90. The summed E-state index contributed by atoms with van der Waals surface area (Å²) < 4.78 is 52.2. The SMILES string of the molecule is COc1ccccc1C#CC1(C(F)(F)F)OC(=O)N(Cl)c2ccccc21. The Balaban J connectivity index is 2.24. The first-order chi connectivity index (χ1) is 12.3. The minimum Gasteiger partial charge on any atom is -0.495 e. The third-order valence-corrected chi connectivity index (χ3v) is 4.10. The fourth-order valence-electron chi connectivity index (χ4n) is 2.54. The van der Waals surface area contributed by atoms with Crippen molar-refractivity contribution in [3.05, 3.63) is 59.7 Å². The molecule has 1 atom stereocenters. The number of rotatable bonds is 1. The highest BCUT2D eigenvalue weighted by Gasteiger charge is 2.63. The second-order valence-electron chi connectivity index (χ2n) is 5.30. The Labute approximate surface area is 152 Å². The lowest BCUT2D eigenvalue weighted by Gasteiger charge is -2.37. The molecular formula is C18H11ClF3NO3. The molecule has 2 aromatic rings. The van der Waals surface area contributed by atoms with E-state index in [9.17, 15) is 18.0 Å². The van der Waals surface area contributed by atoms with E-state index >= 15 is 0 Å².